The number of hydrogen-bond acceptors (Lipinski definition) is 8. The first kappa shape index (κ1) is 22.5. The molecule has 1 N–H and O–H groups in total. The van der Waals surface area contributed by atoms with Gasteiger partial charge in [0.05, 0.1) is 5.75 Å². The van der Waals surface area contributed by atoms with Gasteiger partial charge in [0.15, 0.2) is 10.0 Å². The van der Waals surface area contributed by atoms with Crippen LogP contribution in [0.1, 0.15) is 51.3 Å². The van der Waals surface area contributed by atoms with Gasteiger partial charge in [-0.1, -0.05) is 23.8 Å². The zero-order chi connectivity index (χ0) is 22.7. The number of aromatic nitrogens is 3. The Morgan fingerprint density at radius 1 is 1.34 bits per heavy atom. The molecule has 0 unspecified atom stereocenters. The molecule has 10 heteroatoms. The van der Waals surface area contributed by atoms with Crippen LogP contribution in [0.2, 0.25) is 0 Å². The van der Waals surface area contributed by atoms with Gasteiger partial charge in [-0.25, -0.2) is 4.98 Å². The van der Waals surface area contributed by atoms with E-state index in [0.29, 0.717) is 37.6 Å². The number of carbonyl (C=O) groups excluding carboxylic acids is 2. The largest absolute Gasteiger partial charge is 0.361 e. The topological polar surface area (TPSA) is 101 Å². The molecule has 0 atom stereocenters. The molecule has 0 radical (unpaired) electrons. The molecule has 8 nitrogen and oxygen atoms in total. The van der Waals surface area contributed by atoms with Crippen molar-refractivity contribution in [3.8, 4) is 0 Å². The Balaban J connectivity index is 1.39. The average Bonchev–Trinajstić information content (AvgIpc) is 3.45. The lowest BCUT2D eigenvalue weighted by molar-refractivity contribution is -0.129. The van der Waals surface area contributed by atoms with Gasteiger partial charge in [-0.15, -0.1) is 11.3 Å². The molecule has 2 amide bonds. The second-order valence-corrected chi connectivity index (χ2v) is 9.73. The highest BCUT2D eigenvalue weighted by molar-refractivity contribution is 8.01. The first-order valence-electron chi connectivity index (χ1n) is 10.5. The number of hydrogen-bond donors (Lipinski definition) is 1. The Kier molecular flexibility index (Phi) is 6.90. The van der Waals surface area contributed by atoms with E-state index in [0.717, 1.165) is 33.3 Å². The summed E-state index contributed by atoms with van der Waals surface area (Å²) in [5, 5.41) is 8.74. The lowest BCUT2D eigenvalue weighted by Gasteiger charge is -2.30. The van der Waals surface area contributed by atoms with Gasteiger partial charge in [-0.2, -0.15) is 0 Å². The van der Waals surface area contributed by atoms with Crippen LogP contribution in [0.3, 0.4) is 0 Å². The van der Waals surface area contributed by atoms with Crippen molar-refractivity contribution >= 4 is 34.9 Å². The molecule has 32 heavy (non-hydrogen) atoms. The van der Waals surface area contributed by atoms with E-state index in [-0.39, 0.29) is 17.5 Å². The summed E-state index contributed by atoms with van der Waals surface area (Å²) in [5.41, 5.74) is 5.35. The fourth-order valence-corrected chi connectivity index (χ4v) is 5.38. The van der Waals surface area contributed by atoms with Gasteiger partial charge in [0.2, 0.25) is 5.91 Å². The van der Waals surface area contributed by atoms with Crippen LogP contribution in [0.25, 0.3) is 0 Å². The highest BCUT2D eigenvalue weighted by atomic mass is 32.2. The predicted molar refractivity (Wildman–Crippen MR) is 123 cm³/mol. The number of rotatable bonds is 7. The van der Waals surface area contributed by atoms with E-state index in [9.17, 15) is 9.59 Å². The van der Waals surface area contributed by atoms with Crippen molar-refractivity contribution in [3.63, 3.8) is 0 Å². The van der Waals surface area contributed by atoms with Crippen LogP contribution in [0.5, 0.6) is 0 Å². The Hall–Kier alpha value is -2.72. The Bertz CT molecular complexity index is 1140. The van der Waals surface area contributed by atoms with E-state index in [2.05, 4.69) is 20.4 Å². The zero-order valence-electron chi connectivity index (χ0n) is 18.3. The number of carbonyl (C=O) groups is 2. The van der Waals surface area contributed by atoms with E-state index in [4.69, 9.17) is 4.52 Å². The van der Waals surface area contributed by atoms with Gasteiger partial charge >= 0.3 is 0 Å². The summed E-state index contributed by atoms with van der Waals surface area (Å²) in [4.78, 5) is 36.0. The Labute approximate surface area is 194 Å². The number of fused-ring (bicyclic) bond motifs is 1. The molecule has 3 aromatic heterocycles. The molecule has 0 saturated heterocycles. The molecule has 4 rings (SSSR count). The van der Waals surface area contributed by atoms with E-state index in [1.807, 2.05) is 37.2 Å². The average molecular weight is 472 g/mol. The molecule has 0 aliphatic carbocycles. The molecule has 0 saturated carbocycles. The maximum atomic E-state index is 12.7. The molecule has 0 fully saturated rings. The van der Waals surface area contributed by atoms with Crippen LogP contribution < -0.4 is 5.32 Å². The van der Waals surface area contributed by atoms with Gasteiger partial charge in [-0.3, -0.25) is 14.6 Å². The summed E-state index contributed by atoms with van der Waals surface area (Å²) in [5.74, 6) is 0.884. The van der Waals surface area contributed by atoms with E-state index in [1.54, 1.807) is 17.4 Å². The van der Waals surface area contributed by atoms with Gasteiger partial charge in [0.25, 0.3) is 5.91 Å². The lowest BCUT2D eigenvalue weighted by Crippen LogP contribution is -2.38. The third-order valence-corrected chi connectivity index (χ3v) is 7.55. The highest BCUT2D eigenvalue weighted by Crippen LogP contribution is 2.26. The minimum atomic E-state index is -0.271. The lowest BCUT2D eigenvalue weighted by atomic mass is 9.95. The van der Waals surface area contributed by atoms with Crippen LogP contribution in [-0.2, 0) is 30.7 Å². The molecular weight excluding hydrogens is 446 g/mol. The summed E-state index contributed by atoms with van der Waals surface area (Å²) in [6.45, 7) is 7.38. The van der Waals surface area contributed by atoms with E-state index >= 15 is 0 Å². The number of amides is 2. The Morgan fingerprint density at radius 3 is 2.91 bits per heavy atom. The Morgan fingerprint density at radius 2 is 2.19 bits per heavy atom. The molecule has 0 bridgehead atoms. The monoisotopic (exact) mass is 471 g/mol. The predicted octanol–water partition coefficient (Wildman–Crippen LogP) is 3.31. The van der Waals surface area contributed by atoms with Crippen LogP contribution in [0.15, 0.2) is 26.5 Å². The number of thioether (sulfide) groups is 1. The molecule has 1 aliphatic heterocycles. The maximum Gasteiger partial charge on any atom is 0.273 e. The molecule has 0 spiro atoms. The summed E-state index contributed by atoms with van der Waals surface area (Å²) in [7, 11) is 0. The van der Waals surface area contributed by atoms with Gasteiger partial charge in [-0.05, 0) is 37.0 Å². The van der Waals surface area contributed by atoms with Crippen molar-refractivity contribution < 1.29 is 14.1 Å². The first-order valence-corrected chi connectivity index (χ1v) is 12.3. The standard InChI is InChI=1S/C22H25N5O3S2/c1-4-16-7-19(26-30-16)21(29)24-9-18-14(3)23-8-15-10-27(6-5-17(15)18)20(28)12-32-22-25-13(2)11-31-22/h7-8,11H,4-6,9-10,12H2,1-3H3,(H,24,29). The van der Waals surface area contributed by atoms with Crippen LogP contribution >= 0.6 is 23.1 Å². The van der Waals surface area contributed by atoms with Gasteiger partial charge in [0, 0.05) is 55.1 Å². The number of nitrogens with zero attached hydrogens (tertiary/aromatic N) is 4. The van der Waals surface area contributed by atoms with Crippen molar-refractivity contribution in [2.24, 2.45) is 0 Å². The van der Waals surface area contributed by atoms with Crippen LogP contribution in [0, 0.1) is 13.8 Å². The fraction of sp³-hybridized carbons (Fsp3) is 0.409. The highest BCUT2D eigenvalue weighted by Gasteiger charge is 2.24. The SMILES string of the molecule is CCc1cc(C(=O)NCc2c(C)ncc3c2CCN(C(=O)CSc2nc(C)cs2)C3)no1. The fourth-order valence-electron chi connectivity index (χ4n) is 3.63. The summed E-state index contributed by atoms with van der Waals surface area (Å²) in [6, 6.07) is 1.66. The number of pyridine rings is 1. The maximum absolute atomic E-state index is 12.7. The van der Waals surface area contributed by atoms with Crippen molar-refractivity contribution in [2.75, 3.05) is 12.3 Å². The summed E-state index contributed by atoms with van der Waals surface area (Å²) < 4.78 is 6.04. The van der Waals surface area contributed by atoms with Crippen molar-refractivity contribution in [3.05, 3.63) is 57.2 Å². The molecule has 3 aromatic rings. The molecule has 168 valence electrons. The van der Waals surface area contributed by atoms with Crippen molar-refractivity contribution in [1.82, 2.24) is 25.3 Å². The first-order chi connectivity index (χ1) is 15.4. The second kappa shape index (κ2) is 9.83. The minimum absolute atomic E-state index is 0.0988. The number of thiazole rings is 1. The molecule has 0 aromatic carbocycles. The minimum Gasteiger partial charge on any atom is -0.361 e. The van der Waals surface area contributed by atoms with E-state index < -0.39 is 0 Å². The summed E-state index contributed by atoms with van der Waals surface area (Å²) in [6.07, 6.45) is 3.27. The normalized spacial score (nSPS) is 13.2. The van der Waals surface area contributed by atoms with Gasteiger partial charge in [0.1, 0.15) is 5.76 Å². The van der Waals surface area contributed by atoms with Gasteiger partial charge < -0.3 is 14.7 Å². The smallest absolute Gasteiger partial charge is 0.273 e. The third kappa shape index (κ3) is 5.02. The molecule has 1 aliphatic rings. The zero-order valence-corrected chi connectivity index (χ0v) is 19.9. The van der Waals surface area contributed by atoms with Crippen LogP contribution in [-0.4, -0.2) is 44.1 Å². The quantitative estimate of drug-likeness (QED) is 0.528. The number of nitrogens with one attached hydrogen (secondary N) is 1. The molecular formula is C22H25N5O3S2. The number of aryl methyl sites for hydroxylation is 3. The van der Waals surface area contributed by atoms with Crippen LogP contribution in [0.4, 0.5) is 0 Å². The molecule has 4 heterocycles. The third-order valence-electron chi connectivity index (χ3n) is 5.43. The van der Waals surface area contributed by atoms with Crippen molar-refractivity contribution in [2.45, 2.75) is 51.0 Å². The second-order valence-electron chi connectivity index (χ2n) is 7.65. The van der Waals surface area contributed by atoms with E-state index in [1.165, 1.54) is 17.3 Å². The van der Waals surface area contributed by atoms with Crippen molar-refractivity contribution in [1.29, 1.82) is 0 Å². The summed E-state index contributed by atoms with van der Waals surface area (Å²) >= 11 is 3.05.